The van der Waals surface area contributed by atoms with Crippen LogP contribution in [0.5, 0.6) is 5.75 Å². The summed E-state index contributed by atoms with van der Waals surface area (Å²) in [5.74, 6) is 0.214. The van der Waals surface area contributed by atoms with Crippen LogP contribution in [0.3, 0.4) is 0 Å². The van der Waals surface area contributed by atoms with E-state index in [2.05, 4.69) is 5.32 Å². The number of nitrogens with one attached hydrogen (secondary N) is 1. The van der Waals surface area contributed by atoms with Crippen molar-refractivity contribution in [3.8, 4) is 5.75 Å². The maximum absolute atomic E-state index is 11.5. The van der Waals surface area contributed by atoms with E-state index < -0.39 is 15.9 Å². The molecule has 0 spiro atoms. The zero-order valence-electron chi connectivity index (χ0n) is 12.0. The highest BCUT2D eigenvalue weighted by Crippen LogP contribution is 2.15. The van der Waals surface area contributed by atoms with Gasteiger partial charge in [0, 0.05) is 13.4 Å². The summed E-state index contributed by atoms with van der Waals surface area (Å²) in [5, 5.41) is 2.61. The van der Waals surface area contributed by atoms with Gasteiger partial charge in [0.2, 0.25) is 5.91 Å². The van der Waals surface area contributed by atoms with Crippen molar-refractivity contribution in [2.75, 3.05) is 33.1 Å². The number of carbonyl (C=O) groups is 1. The molecule has 0 aromatic heterocycles. The Morgan fingerprint density at radius 1 is 1.33 bits per heavy atom. The first-order valence-corrected chi connectivity index (χ1v) is 8.19. The van der Waals surface area contributed by atoms with Crippen LogP contribution < -0.4 is 15.8 Å². The topological polar surface area (TPSA) is 108 Å². The standard InChI is InChI=1S/C13H20N2O5S/c1-19-9-12(14)13(16)15-7-8-20-10-3-5-11(6-4-10)21(2,17)18/h3-6,12H,7-9,14H2,1-2H3,(H,15,16). The summed E-state index contributed by atoms with van der Waals surface area (Å²) in [7, 11) is -1.74. The fourth-order valence-electron chi connectivity index (χ4n) is 1.51. The Labute approximate surface area is 124 Å². The van der Waals surface area contributed by atoms with E-state index in [-0.39, 0.29) is 24.0 Å². The maximum atomic E-state index is 11.5. The highest BCUT2D eigenvalue weighted by molar-refractivity contribution is 7.90. The predicted octanol–water partition coefficient (Wildman–Crippen LogP) is -0.441. The van der Waals surface area contributed by atoms with Crippen molar-refractivity contribution in [3.63, 3.8) is 0 Å². The molecule has 0 aliphatic carbocycles. The first-order chi connectivity index (χ1) is 9.84. The number of amides is 1. The molecule has 0 saturated heterocycles. The van der Waals surface area contributed by atoms with Gasteiger partial charge in [0.15, 0.2) is 9.84 Å². The summed E-state index contributed by atoms with van der Waals surface area (Å²) < 4.78 is 32.7. The summed E-state index contributed by atoms with van der Waals surface area (Å²) in [6.45, 7) is 0.702. The first kappa shape index (κ1) is 17.4. The number of carbonyl (C=O) groups excluding carboxylic acids is 1. The van der Waals surface area contributed by atoms with Crippen LogP contribution in [0.4, 0.5) is 0 Å². The van der Waals surface area contributed by atoms with Gasteiger partial charge >= 0.3 is 0 Å². The van der Waals surface area contributed by atoms with Crippen LogP contribution >= 0.6 is 0 Å². The average Bonchev–Trinajstić information content (AvgIpc) is 2.43. The van der Waals surface area contributed by atoms with E-state index >= 15 is 0 Å². The molecular weight excluding hydrogens is 296 g/mol. The number of hydrogen-bond donors (Lipinski definition) is 2. The van der Waals surface area contributed by atoms with Gasteiger partial charge in [0.05, 0.1) is 18.0 Å². The lowest BCUT2D eigenvalue weighted by atomic mass is 10.3. The molecule has 0 fully saturated rings. The van der Waals surface area contributed by atoms with E-state index in [1.165, 1.54) is 19.2 Å². The Morgan fingerprint density at radius 3 is 2.48 bits per heavy atom. The van der Waals surface area contributed by atoms with Crippen LogP contribution in [0.25, 0.3) is 0 Å². The minimum absolute atomic E-state index is 0.152. The average molecular weight is 316 g/mol. The quantitative estimate of drug-likeness (QED) is 0.630. The van der Waals surface area contributed by atoms with E-state index in [9.17, 15) is 13.2 Å². The van der Waals surface area contributed by atoms with Gasteiger partial charge < -0.3 is 20.5 Å². The number of hydrogen-bond acceptors (Lipinski definition) is 6. The van der Waals surface area contributed by atoms with Crippen molar-refractivity contribution in [2.45, 2.75) is 10.9 Å². The number of sulfone groups is 1. The number of rotatable bonds is 8. The van der Waals surface area contributed by atoms with Gasteiger partial charge in [-0.05, 0) is 24.3 Å². The third-order valence-electron chi connectivity index (χ3n) is 2.60. The normalized spacial score (nSPS) is 12.7. The van der Waals surface area contributed by atoms with Gasteiger partial charge in [-0.3, -0.25) is 4.79 Å². The molecule has 0 bridgehead atoms. The molecule has 0 saturated carbocycles. The Hall–Kier alpha value is -1.64. The second-order valence-electron chi connectivity index (χ2n) is 4.44. The zero-order valence-corrected chi connectivity index (χ0v) is 12.9. The van der Waals surface area contributed by atoms with E-state index in [0.717, 1.165) is 6.26 Å². The van der Waals surface area contributed by atoms with Gasteiger partial charge in [-0.2, -0.15) is 0 Å². The van der Waals surface area contributed by atoms with Crippen LogP contribution in [-0.2, 0) is 19.4 Å². The maximum Gasteiger partial charge on any atom is 0.239 e. The summed E-state index contributed by atoms with van der Waals surface area (Å²) in [6, 6.07) is 5.36. The molecule has 118 valence electrons. The summed E-state index contributed by atoms with van der Waals surface area (Å²) >= 11 is 0. The van der Waals surface area contributed by atoms with Gasteiger partial charge in [0.25, 0.3) is 0 Å². The van der Waals surface area contributed by atoms with Crippen molar-refractivity contribution in [1.82, 2.24) is 5.32 Å². The highest BCUT2D eigenvalue weighted by Gasteiger charge is 2.12. The molecule has 21 heavy (non-hydrogen) atoms. The molecule has 1 atom stereocenters. The molecule has 0 aliphatic heterocycles. The van der Waals surface area contributed by atoms with Crippen molar-refractivity contribution in [1.29, 1.82) is 0 Å². The van der Waals surface area contributed by atoms with Crippen molar-refractivity contribution < 1.29 is 22.7 Å². The fourth-order valence-corrected chi connectivity index (χ4v) is 2.14. The van der Waals surface area contributed by atoms with Gasteiger partial charge in [-0.15, -0.1) is 0 Å². The molecule has 3 N–H and O–H groups in total. The molecule has 0 heterocycles. The molecule has 1 amide bonds. The molecular formula is C13H20N2O5S. The third-order valence-corrected chi connectivity index (χ3v) is 3.73. The van der Waals surface area contributed by atoms with Gasteiger partial charge in [-0.1, -0.05) is 0 Å². The molecule has 1 aromatic carbocycles. The summed E-state index contributed by atoms with van der Waals surface area (Å²) in [6.07, 6.45) is 1.14. The fraction of sp³-hybridized carbons (Fsp3) is 0.462. The number of ether oxygens (including phenoxy) is 2. The van der Waals surface area contributed by atoms with Gasteiger partial charge in [0.1, 0.15) is 18.4 Å². The number of methoxy groups -OCH3 is 1. The Balaban J connectivity index is 2.35. The highest BCUT2D eigenvalue weighted by atomic mass is 32.2. The van der Waals surface area contributed by atoms with Crippen LogP contribution in [0.1, 0.15) is 0 Å². The molecule has 1 aromatic rings. The smallest absolute Gasteiger partial charge is 0.239 e. The lowest BCUT2D eigenvalue weighted by Gasteiger charge is -2.12. The van der Waals surface area contributed by atoms with E-state index in [1.54, 1.807) is 12.1 Å². The lowest BCUT2D eigenvalue weighted by Crippen LogP contribution is -2.44. The molecule has 7 nitrogen and oxygen atoms in total. The van der Waals surface area contributed by atoms with E-state index in [1.807, 2.05) is 0 Å². The Kier molecular flexibility index (Phi) is 6.60. The second kappa shape index (κ2) is 7.96. The monoisotopic (exact) mass is 316 g/mol. The minimum atomic E-state index is -3.21. The first-order valence-electron chi connectivity index (χ1n) is 6.29. The van der Waals surface area contributed by atoms with Crippen molar-refractivity contribution in [2.24, 2.45) is 5.73 Å². The largest absolute Gasteiger partial charge is 0.492 e. The minimum Gasteiger partial charge on any atom is -0.492 e. The molecule has 1 rings (SSSR count). The predicted molar refractivity (Wildman–Crippen MR) is 77.9 cm³/mol. The van der Waals surface area contributed by atoms with E-state index in [0.29, 0.717) is 12.3 Å². The second-order valence-corrected chi connectivity index (χ2v) is 6.46. The van der Waals surface area contributed by atoms with Crippen molar-refractivity contribution >= 4 is 15.7 Å². The summed E-state index contributed by atoms with van der Waals surface area (Å²) in [4.78, 5) is 11.7. The van der Waals surface area contributed by atoms with Crippen LogP contribution in [-0.4, -0.2) is 53.5 Å². The van der Waals surface area contributed by atoms with Crippen LogP contribution in [0.15, 0.2) is 29.2 Å². The summed E-state index contributed by atoms with van der Waals surface area (Å²) in [5.41, 5.74) is 5.54. The molecule has 0 radical (unpaired) electrons. The lowest BCUT2D eigenvalue weighted by molar-refractivity contribution is -0.123. The SMILES string of the molecule is COCC(N)C(=O)NCCOc1ccc(S(C)(=O)=O)cc1. The van der Waals surface area contributed by atoms with Crippen LogP contribution in [0.2, 0.25) is 0 Å². The van der Waals surface area contributed by atoms with E-state index in [4.69, 9.17) is 15.2 Å². The Bertz CT molecular complexity index is 556. The number of nitrogens with two attached hydrogens (primary N) is 1. The van der Waals surface area contributed by atoms with Gasteiger partial charge in [-0.25, -0.2) is 8.42 Å². The molecule has 1 unspecified atom stereocenters. The van der Waals surface area contributed by atoms with Crippen molar-refractivity contribution in [3.05, 3.63) is 24.3 Å². The third kappa shape index (κ3) is 6.11. The van der Waals surface area contributed by atoms with Crippen LogP contribution in [0, 0.1) is 0 Å². The molecule has 0 aliphatic rings. The number of benzene rings is 1. The zero-order chi connectivity index (χ0) is 15.9. The Morgan fingerprint density at radius 2 is 1.95 bits per heavy atom. The molecule has 8 heteroatoms.